The van der Waals surface area contributed by atoms with Crippen LogP contribution in [-0.2, 0) is 2.84 Å². The molecule has 0 N–H and O–H groups in total. The van der Waals surface area contributed by atoms with Crippen molar-refractivity contribution in [3.05, 3.63) is 97.1 Å². The van der Waals surface area contributed by atoms with Gasteiger partial charge in [0.15, 0.2) is 11.2 Å². The molecular weight excluding hydrogens is 474 g/mol. The van der Waals surface area contributed by atoms with E-state index in [1.165, 1.54) is 0 Å². The summed E-state index contributed by atoms with van der Waals surface area (Å²) >= 11 is -1.60. The van der Waals surface area contributed by atoms with Gasteiger partial charge >= 0.3 is 31.8 Å². The van der Waals surface area contributed by atoms with Crippen molar-refractivity contribution in [3.8, 4) is 34.4 Å². The van der Waals surface area contributed by atoms with Gasteiger partial charge in [-0.05, 0) is 48.5 Å². The van der Waals surface area contributed by atoms with Crippen molar-refractivity contribution < 1.29 is 19.3 Å². The normalized spacial score (nSPS) is 11.0. The molecule has 2 heterocycles. The second-order valence-corrected chi connectivity index (χ2v) is 9.48. The molecule has 7 nitrogen and oxygen atoms in total. The molecule has 35 heavy (non-hydrogen) atoms. The summed E-state index contributed by atoms with van der Waals surface area (Å²) in [6.07, 6.45) is 0. The molecule has 0 spiro atoms. The molecule has 9 heteroatoms. The highest BCUT2D eigenvalue weighted by molar-refractivity contribution is 6.35. The minimum absolute atomic E-state index is 0.511. The summed E-state index contributed by atoms with van der Waals surface area (Å²) in [5.41, 5.74) is 4.62. The van der Waals surface area contributed by atoms with Crippen LogP contribution in [-0.4, -0.2) is 41.7 Å². The number of nitrogens with zero attached hydrogens (tertiary/aromatic N) is 2. The van der Waals surface area contributed by atoms with Gasteiger partial charge in [0.25, 0.3) is 0 Å². The zero-order valence-corrected chi connectivity index (χ0v) is 20.6. The highest BCUT2D eigenvalue weighted by Gasteiger charge is 2.17. The average molecular weight is 490 g/mol. The number of hydrogen-bond donors (Lipinski definition) is 0. The van der Waals surface area contributed by atoms with Crippen LogP contribution in [0.2, 0.25) is 0 Å². The van der Waals surface area contributed by atoms with Gasteiger partial charge in [-0.2, -0.15) is 0 Å². The smallest absolute Gasteiger partial charge is 0.627 e. The van der Waals surface area contributed by atoms with E-state index >= 15 is 0 Å². The second kappa shape index (κ2) is 9.97. The summed E-state index contributed by atoms with van der Waals surface area (Å²) in [5, 5.41) is 0. The number of oxazole rings is 2. The monoisotopic (exact) mass is 490 g/mol. The maximum absolute atomic E-state index is 5.95. The summed E-state index contributed by atoms with van der Waals surface area (Å²) in [6, 6.07) is 30.5. The van der Waals surface area contributed by atoms with Gasteiger partial charge in [-0.3, -0.25) is 0 Å². The van der Waals surface area contributed by atoms with Crippen molar-refractivity contribution in [1.29, 1.82) is 0 Å². The van der Waals surface area contributed by atoms with E-state index in [4.69, 9.17) is 19.3 Å². The van der Waals surface area contributed by atoms with E-state index in [0.717, 1.165) is 33.3 Å². The van der Waals surface area contributed by atoms with Crippen molar-refractivity contribution in [1.82, 2.24) is 9.97 Å². The third-order valence-electron chi connectivity index (χ3n) is 5.28. The van der Waals surface area contributed by atoms with Crippen molar-refractivity contribution in [2.24, 2.45) is 0 Å². The Balaban J connectivity index is 1.11. The van der Waals surface area contributed by atoms with E-state index in [1.54, 1.807) is 0 Å². The van der Waals surface area contributed by atoms with E-state index < -0.39 is 31.8 Å². The molecular formula is C26H16Al2N2O5. The van der Waals surface area contributed by atoms with Crippen LogP contribution in [0.1, 0.15) is 0 Å². The first kappa shape index (κ1) is 21.9. The first-order valence-electron chi connectivity index (χ1n) is 10.9. The lowest BCUT2D eigenvalue weighted by Crippen LogP contribution is -2.16. The highest BCUT2D eigenvalue weighted by atomic mass is 27.3. The minimum Gasteiger partial charge on any atom is -0.627 e. The molecule has 0 fully saturated rings. The third-order valence-corrected chi connectivity index (χ3v) is 6.87. The molecule has 166 valence electrons. The van der Waals surface area contributed by atoms with Gasteiger partial charge < -0.3 is 19.3 Å². The fourth-order valence-corrected chi connectivity index (χ4v) is 4.89. The van der Waals surface area contributed by atoms with Crippen molar-refractivity contribution in [2.75, 3.05) is 0 Å². The molecule has 0 unspecified atom stereocenters. The number of aromatic nitrogens is 2. The second-order valence-electron chi connectivity index (χ2n) is 7.53. The van der Waals surface area contributed by atoms with Crippen LogP contribution in [0.25, 0.3) is 45.1 Å². The molecule has 0 amide bonds. The number of para-hydroxylation sites is 6. The van der Waals surface area contributed by atoms with Crippen LogP contribution in [0.5, 0.6) is 11.5 Å². The lowest BCUT2D eigenvalue weighted by atomic mass is 10.2. The van der Waals surface area contributed by atoms with Gasteiger partial charge in [-0.15, -0.1) is 0 Å². The van der Waals surface area contributed by atoms with Crippen LogP contribution < -0.4 is 7.58 Å². The fraction of sp³-hybridized carbons (Fsp3) is 0. The Labute approximate surface area is 214 Å². The van der Waals surface area contributed by atoms with Gasteiger partial charge in [0, 0.05) is 0 Å². The molecule has 0 atom stereocenters. The predicted octanol–water partition coefficient (Wildman–Crippen LogP) is 5.85. The van der Waals surface area contributed by atoms with Crippen molar-refractivity contribution in [2.45, 2.75) is 0 Å². The summed E-state index contributed by atoms with van der Waals surface area (Å²) in [5.74, 6) is 2.33. The lowest BCUT2D eigenvalue weighted by molar-refractivity contribution is 0.417. The fourth-order valence-electron chi connectivity index (χ4n) is 3.65. The number of benzene rings is 4. The SMILES string of the molecule is c1ccc(-c2nc3ccccc3o2)c([O][Al][O][Al][O]c2ccccc2-c2nc3ccccc3o2)c1. The molecule has 2 aromatic heterocycles. The maximum atomic E-state index is 5.95. The Morgan fingerprint density at radius 3 is 1.43 bits per heavy atom. The number of hydrogen-bond acceptors (Lipinski definition) is 7. The van der Waals surface area contributed by atoms with E-state index in [9.17, 15) is 0 Å². The first-order valence-corrected chi connectivity index (χ1v) is 12.8. The highest BCUT2D eigenvalue weighted by Crippen LogP contribution is 2.32. The Morgan fingerprint density at radius 1 is 0.514 bits per heavy atom. The molecule has 6 aromatic rings. The number of rotatable bonds is 8. The van der Waals surface area contributed by atoms with E-state index in [2.05, 4.69) is 9.97 Å². The molecule has 0 aliphatic rings. The molecule has 0 aliphatic carbocycles. The van der Waals surface area contributed by atoms with Crippen LogP contribution in [0.4, 0.5) is 0 Å². The topological polar surface area (TPSA) is 79.8 Å². The number of fused-ring (bicyclic) bond motifs is 2. The molecule has 2 radical (unpaired) electrons. The van der Waals surface area contributed by atoms with Crippen LogP contribution in [0, 0.1) is 0 Å². The van der Waals surface area contributed by atoms with Gasteiger partial charge in [0.1, 0.15) is 11.0 Å². The Bertz CT molecular complexity index is 1430. The zero-order valence-electron chi connectivity index (χ0n) is 18.3. The van der Waals surface area contributed by atoms with Gasteiger partial charge in [-0.1, -0.05) is 48.5 Å². The van der Waals surface area contributed by atoms with Crippen molar-refractivity contribution in [3.63, 3.8) is 0 Å². The summed E-state index contributed by atoms with van der Waals surface area (Å²) in [7, 11) is 0. The van der Waals surface area contributed by atoms with E-state index in [-0.39, 0.29) is 0 Å². The van der Waals surface area contributed by atoms with Crippen LogP contribution in [0.15, 0.2) is 106 Å². The van der Waals surface area contributed by atoms with Gasteiger partial charge in [0.2, 0.25) is 11.8 Å². The van der Waals surface area contributed by atoms with E-state index in [0.29, 0.717) is 23.3 Å². The standard InChI is InChI=1S/2C13H9NO2.2Al.O/c2*15-11-7-3-1-5-9(11)13-14-10-6-2-4-8-12(10)16-13;;;/h2*1-8,15H;;;/q;;2*+1;/p-2. The Kier molecular flexibility index (Phi) is 6.25. The van der Waals surface area contributed by atoms with Crippen LogP contribution >= 0.6 is 0 Å². The molecule has 4 aromatic carbocycles. The van der Waals surface area contributed by atoms with Gasteiger partial charge in [0.05, 0.1) is 22.6 Å². The Hall–Kier alpha value is -3.56. The predicted molar refractivity (Wildman–Crippen MR) is 133 cm³/mol. The Morgan fingerprint density at radius 2 is 0.943 bits per heavy atom. The zero-order chi connectivity index (χ0) is 23.5. The molecule has 0 saturated heterocycles. The summed E-state index contributed by atoms with van der Waals surface area (Å²) in [6.45, 7) is 0. The van der Waals surface area contributed by atoms with Gasteiger partial charge in [-0.25, -0.2) is 9.97 Å². The average Bonchev–Trinajstić information content (AvgIpc) is 3.53. The molecule has 6 rings (SSSR count). The van der Waals surface area contributed by atoms with Crippen molar-refractivity contribution >= 4 is 54.0 Å². The molecule has 0 saturated carbocycles. The quantitative estimate of drug-likeness (QED) is 0.196. The largest absolute Gasteiger partial charge is 0.743 e. The van der Waals surface area contributed by atoms with E-state index in [1.807, 2.05) is 97.1 Å². The van der Waals surface area contributed by atoms with Crippen LogP contribution in [0.3, 0.4) is 0 Å². The molecule has 0 aliphatic heterocycles. The summed E-state index contributed by atoms with van der Waals surface area (Å²) < 4.78 is 29.5. The first-order chi connectivity index (χ1) is 17.3. The summed E-state index contributed by atoms with van der Waals surface area (Å²) in [4.78, 5) is 9.14. The molecule has 0 bridgehead atoms. The lowest BCUT2D eigenvalue weighted by Gasteiger charge is -2.12. The third kappa shape index (κ3) is 4.69. The minimum atomic E-state index is -0.799. The maximum Gasteiger partial charge on any atom is 0.743 e.